The Balaban J connectivity index is 1.55. The maximum atomic E-state index is 12.6. The van der Waals surface area contributed by atoms with Crippen molar-refractivity contribution < 1.29 is 17.9 Å². The first kappa shape index (κ1) is 21.6. The monoisotopic (exact) mass is 423 g/mol. The van der Waals surface area contributed by atoms with Gasteiger partial charge in [-0.25, -0.2) is 17.9 Å². The molecule has 29 heavy (non-hydrogen) atoms. The highest BCUT2D eigenvalue weighted by Crippen LogP contribution is 2.22. The van der Waals surface area contributed by atoms with Gasteiger partial charge in [0.15, 0.2) is 5.82 Å². The fraction of sp³-hybridized carbons (Fsp3) is 0.684. The van der Waals surface area contributed by atoms with Gasteiger partial charge in [-0.3, -0.25) is 4.79 Å². The largest absolute Gasteiger partial charge is 0.464 e. The van der Waals surface area contributed by atoms with E-state index in [-0.39, 0.29) is 12.4 Å². The Morgan fingerprint density at radius 3 is 2.76 bits per heavy atom. The van der Waals surface area contributed by atoms with Gasteiger partial charge in [0.25, 0.3) is 5.78 Å². The molecule has 0 radical (unpaired) electrons. The van der Waals surface area contributed by atoms with Crippen molar-refractivity contribution in [3.63, 3.8) is 0 Å². The van der Waals surface area contributed by atoms with Crippen LogP contribution in [0.1, 0.15) is 56.2 Å². The van der Waals surface area contributed by atoms with Crippen molar-refractivity contribution in [2.45, 2.75) is 65.3 Å². The molecule has 10 heteroatoms. The first-order valence-electron chi connectivity index (χ1n) is 10.2. The number of carbonyl (C=O) groups excluding carboxylic acids is 1. The minimum Gasteiger partial charge on any atom is -0.464 e. The van der Waals surface area contributed by atoms with Crippen LogP contribution in [0.5, 0.6) is 0 Å². The molecule has 0 aromatic carbocycles. The fourth-order valence-corrected chi connectivity index (χ4v) is 5.31. The number of sulfonamides is 1. The highest BCUT2D eigenvalue weighted by molar-refractivity contribution is 7.89. The highest BCUT2D eigenvalue weighted by atomic mass is 32.2. The lowest BCUT2D eigenvalue weighted by Crippen LogP contribution is -2.43. The van der Waals surface area contributed by atoms with Crippen molar-refractivity contribution in [2.75, 3.05) is 18.9 Å². The van der Waals surface area contributed by atoms with Crippen LogP contribution in [-0.2, 0) is 26.0 Å². The first-order valence-corrected chi connectivity index (χ1v) is 11.8. The quantitative estimate of drug-likeness (QED) is 0.447. The van der Waals surface area contributed by atoms with E-state index in [0.717, 1.165) is 24.2 Å². The molecule has 9 nitrogen and oxygen atoms in total. The van der Waals surface area contributed by atoms with Gasteiger partial charge in [0.1, 0.15) is 6.04 Å². The minimum atomic E-state index is -3.36. The Morgan fingerprint density at radius 1 is 1.28 bits per heavy atom. The second-order valence-corrected chi connectivity index (χ2v) is 9.53. The van der Waals surface area contributed by atoms with E-state index < -0.39 is 22.0 Å². The molecular weight excluding hydrogens is 394 g/mol. The van der Waals surface area contributed by atoms with E-state index >= 15 is 0 Å². The number of unbranched alkanes of at least 4 members (excludes halogenated alkanes) is 1. The third kappa shape index (κ3) is 5.11. The average molecular weight is 424 g/mol. The molecule has 1 atom stereocenters. The van der Waals surface area contributed by atoms with Gasteiger partial charge < -0.3 is 4.74 Å². The van der Waals surface area contributed by atoms with Crippen LogP contribution < -0.4 is 0 Å². The number of hydrogen-bond acceptors (Lipinski definition) is 7. The lowest BCUT2D eigenvalue weighted by atomic mass is 10.1. The van der Waals surface area contributed by atoms with Crippen molar-refractivity contribution in [3.8, 4) is 0 Å². The lowest BCUT2D eigenvalue weighted by molar-refractivity contribution is -0.148. The Kier molecular flexibility index (Phi) is 6.84. The van der Waals surface area contributed by atoms with Gasteiger partial charge >= 0.3 is 5.97 Å². The number of hydrogen-bond donors (Lipinski definition) is 0. The van der Waals surface area contributed by atoms with Crippen LogP contribution in [0.2, 0.25) is 0 Å². The van der Waals surface area contributed by atoms with Gasteiger partial charge in [-0.2, -0.15) is 9.29 Å². The summed E-state index contributed by atoms with van der Waals surface area (Å²) >= 11 is 0. The van der Waals surface area contributed by atoms with E-state index in [1.807, 2.05) is 26.8 Å². The van der Waals surface area contributed by atoms with Gasteiger partial charge in [0.2, 0.25) is 10.0 Å². The molecule has 0 amide bonds. The van der Waals surface area contributed by atoms with Crippen molar-refractivity contribution in [3.05, 3.63) is 23.3 Å². The molecule has 0 bridgehead atoms. The normalized spacial score (nSPS) is 17.6. The van der Waals surface area contributed by atoms with Crippen LogP contribution in [0.25, 0.3) is 5.78 Å². The summed E-state index contributed by atoms with van der Waals surface area (Å²) < 4.78 is 32.9. The molecule has 1 fully saturated rings. The van der Waals surface area contributed by atoms with Gasteiger partial charge in [-0.05, 0) is 39.2 Å². The number of fused-ring (bicyclic) bond motifs is 1. The van der Waals surface area contributed by atoms with Crippen LogP contribution in [0, 0.1) is 13.8 Å². The Morgan fingerprint density at radius 2 is 2.07 bits per heavy atom. The summed E-state index contributed by atoms with van der Waals surface area (Å²) in [6, 6.07) is 1.22. The van der Waals surface area contributed by atoms with Crippen molar-refractivity contribution >= 4 is 21.8 Å². The number of esters is 1. The van der Waals surface area contributed by atoms with Gasteiger partial charge in [0, 0.05) is 24.4 Å². The van der Waals surface area contributed by atoms with E-state index in [1.54, 1.807) is 4.52 Å². The van der Waals surface area contributed by atoms with Crippen LogP contribution in [0.3, 0.4) is 0 Å². The average Bonchev–Trinajstić information content (AvgIpc) is 3.22. The molecule has 3 heterocycles. The summed E-state index contributed by atoms with van der Waals surface area (Å²) in [7, 11) is -3.36. The van der Waals surface area contributed by atoms with Crippen LogP contribution >= 0.6 is 0 Å². The number of rotatable bonds is 9. The minimum absolute atomic E-state index is 0.107. The summed E-state index contributed by atoms with van der Waals surface area (Å²) in [6.07, 6.45) is 3.84. The lowest BCUT2D eigenvalue weighted by Gasteiger charge is -2.24. The second kappa shape index (κ2) is 9.17. The SMILES string of the molecule is CCCC[C@H](C(=O)OCCCc1nc2nc(C)cc(C)n2n1)N1CCCS1(=O)=O. The molecule has 2 aromatic rings. The molecule has 1 aliphatic rings. The molecule has 160 valence electrons. The van der Waals surface area contributed by atoms with E-state index in [2.05, 4.69) is 15.1 Å². The molecule has 0 spiro atoms. The topological polar surface area (TPSA) is 107 Å². The second-order valence-electron chi connectivity index (χ2n) is 7.49. The van der Waals surface area contributed by atoms with Crippen LogP contribution in [-0.4, -0.2) is 63.2 Å². The van der Waals surface area contributed by atoms with Gasteiger partial charge in [-0.1, -0.05) is 19.8 Å². The fourth-order valence-electron chi connectivity index (χ4n) is 3.60. The molecule has 0 N–H and O–H groups in total. The van der Waals surface area contributed by atoms with Gasteiger partial charge in [-0.15, -0.1) is 5.10 Å². The third-order valence-electron chi connectivity index (χ3n) is 5.04. The molecule has 0 unspecified atom stereocenters. The number of aromatic nitrogens is 4. The maximum absolute atomic E-state index is 12.6. The zero-order chi connectivity index (χ0) is 21.0. The Bertz CT molecular complexity index is 972. The molecule has 0 aliphatic carbocycles. The maximum Gasteiger partial charge on any atom is 0.324 e. The molecule has 1 aliphatic heterocycles. The van der Waals surface area contributed by atoms with Gasteiger partial charge in [0.05, 0.1) is 12.4 Å². The molecule has 0 saturated carbocycles. The smallest absolute Gasteiger partial charge is 0.324 e. The molecule has 1 saturated heterocycles. The Hall–Kier alpha value is -2.07. The predicted octanol–water partition coefficient (Wildman–Crippen LogP) is 1.81. The summed E-state index contributed by atoms with van der Waals surface area (Å²) in [5, 5.41) is 4.44. The summed E-state index contributed by atoms with van der Waals surface area (Å²) in [5.41, 5.74) is 1.85. The number of carbonyl (C=O) groups is 1. The zero-order valence-corrected chi connectivity index (χ0v) is 18.1. The van der Waals surface area contributed by atoms with E-state index in [1.165, 1.54) is 4.31 Å². The number of ether oxygens (including phenoxy) is 1. The summed E-state index contributed by atoms with van der Waals surface area (Å²) in [4.78, 5) is 21.4. The van der Waals surface area contributed by atoms with Crippen LogP contribution in [0.4, 0.5) is 0 Å². The number of aryl methyl sites for hydroxylation is 3. The zero-order valence-electron chi connectivity index (χ0n) is 17.3. The van der Waals surface area contributed by atoms with Crippen molar-refractivity contribution in [1.82, 2.24) is 23.9 Å². The summed E-state index contributed by atoms with van der Waals surface area (Å²) in [5.74, 6) is 0.857. The standard InChI is InChI=1S/C19H29N5O4S/c1-4-5-8-16(23-10-7-12-29(23,26)27)18(25)28-11-6-9-17-21-19-20-14(2)13-15(3)24(19)22-17/h13,16H,4-12H2,1-3H3/t16-/m1/s1. The van der Waals surface area contributed by atoms with E-state index in [0.29, 0.717) is 43.8 Å². The summed E-state index contributed by atoms with van der Waals surface area (Å²) in [6.45, 7) is 6.47. The van der Waals surface area contributed by atoms with E-state index in [4.69, 9.17) is 4.74 Å². The molecule has 2 aromatic heterocycles. The van der Waals surface area contributed by atoms with E-state index in [9.17, 15) is 13.2 Å². The van der Waals surface area contributed by atoms with Crippen molar-refractivity contribution in [2.24, 2.45) is 0 Å². The number of nitrogens with zero attached hydrogens (tertiary/aromatic N) is 5. The molecule has 3 rings (SSSR count). The van der Waals surface area contributed by atoms with Crippen molar-refractivity contribution in [1.29, 1.82) is 0 Å². The van der Waals surface area contributed by atoms with Crippen LogP contribution in [0.15, 0.2) is 6.07 Å². The highest BCUT2D eigenvalue weighted by Gasteiger charge is 2.38. The molecular formula is C19H29N5O4S. The predicted molar refractivity (Wildman–Crippen MR) is 108 cm³/mol. The third-order valence-corrected chi connectivity index (χ3v) is 7.00. The first-order chi connectivity index (χ1) is 13.8. The Labute approximate surface area is 171 Å².